The second kappa shape index (κ2) is 6.54. The monoisotopic (exact) mass is 194 g/mol. The van der Waals surface area contributed by atoms with Crippen LogP contribution in [0.3, 0.4) is 0 Å². The SMILES string of the molecule is NCC(CO)NCCc1ccccc1. The van der Waals surface area contributed by atoms with E-state index in [-0.39, 0.29) is 12.6 Å². The maximum Gasteiger partial charge on any atom is 0.0597 e. The van der Waals surface area contributed by atoms with Crippen molar-refractivity contribution in [2.45, 2.75) is 12.5 Å². The lowest BCUT2D eigenvalue weighted by Gasteiger charge is -2.13. The first-order chi connectivity index (χ1) is 6.86. The number of hydrogen-bond acceptors (Lipinski definition) is 3. The first-order valence-electron chi connectivity index (χ1n) is 4.95. The molecule has 0 amide bonds. The molecule has 0 aliphatic rings. The summed E-state index contributed by atoms with van der Waals surface area (Å²) in [6.45, 7) is 1.43. The zero-order valence-corrected chi connectivity index (χ0v) is 8.32. The van der Waals surface area contributed by atoms with Crippen LogP contribution in [0.2, 0.25) is 0 Å². The summed E-state index contributed by atoms with van der Waals surface area (Å²) in [5, 5.41) is 12.1. The number of aliphatic hydroxyl groups is 1. The van der Waals surface area contributed by atoms with Crippen LogP contribution in [0.5, 0.6) is 0 Å². The molecule has 0 spiro atoms. The Kier molecular flexibility index (Phi) is 5.22. The number of aliphatic hydroxyl groups excluding tert-OH is 1. The van der Waals surface area contributed by atoms with Crippen LogP contribution in [-0.4, -0.2) is 30.8 Å². The minimum Gasteiger partial charge on any atom is -0.395 e. The Hall–Kier alpha value is -0.900. The first-order valence-corrected chi connectivity index (χ1v) is 4.95. The number of benzene rings is 1. The average Bonchev–Trinajstić information content (AvgIpc) is 2.26. The predicted octanol–water partition coefficient (Wildman–Crippen LogP) is 0.138. The molecular formula is C11H18N2O. The van der Waals surface area contributed by atoms with Crippen molar-refractivity contribution in [2.24, 2.45) is 5.73 Å². The summed E-state index contributed by atoms with van der Waals surface area (Å²) in [5.41, 5.74) is 6.74. The van der Waals surface area contributed by atoms with E-state index in [0.29, 0.717) is 6.54 Å². The van der Waals surface area contributed by atoms with Crippen molar-refractivity contribution < 1.29 is 5.11 Å². The van der Waals surface area contributed by atoms with E-state index in [4.69, 9.17) is 10.8 Å². The Bertz CT molecular complexity index is 234. The second-order valence-corrected chi connectivity index (χ2v) is 3.30. The Morgan fingerprint density at radius 2 is 2.00 bits per heavy atom. The zero-order valence-electron chi connectivity index (χ0n) is 8.32. The van der Waals surface area contributed by atoms with Crippen LogP contribution in [0.1, 0.15) is 5.56 Å². The molecule has 3 heteroatoms. The first kappa shape index (κ1) is 11.2. The summed E-state index contributed by atoms with van der Waals surface area (Å²) in [5.74, 6) is 0. The van der Waals surface area contributed by atoms with Gasteiger partial charge >= 0.3 is 0 Å². The number of nitrogens with one attached hydrogen (secondary N) is 1. The molecule has 3 nitrogen and oxygen atoms in total. The Morgan fingerprint density at radius 1 is 1.29 bits per heavy atom. The van der Waals surface area contributed by atoms with E-state index in [1.54, 1.807) is 0 Å². The summed E-state index contributed by atoms with van der Waals surface area (Å²) in [7, 11) is 0. The molecule has 0 aliphatic heterocycles. The molecule has 1 atom stereocenters. The highest BCUT2D eigenvalue weighted by atomic mass is 16.3. The van der Waals surface area contributed by atoms with Crippen molar-refractivity contribution in [3.05, 3.63) is 35.9 Å². The van der Waals surface area contributed by atoms with Crippen LogP contribution in [0.15, 0.2) is 30.3 Å². The molecule has 0 aromatic heterocycles. The standard InChI is InChI=1S/C11H18N2O/c12-8-11(9-14)13-7-6-10-4-2-1-3-5-10/h1-5,11,13-14H,6-9,12H2. The van der Waals surface area contributed by atoms with Crippen molar-refractivity contribution in [1.29, 1.82) is 0 Å². The molecule has 1 aromatic carbocycles. The van der Waals surface area contributed by atoms with Crippen LogP contribution in [0, 0.1) is 0 Å². The van der Waals surface area contributed by atoms with Gasteiger partial charge in [0.1, 0.15) is 0 Å². The number of hydrogen-bond donors (Lipinski definition) is 3. The van der Waals surface area contributed by atoms with E-state index in [2.05, 4.69) is 17.4 Å². The average molecular weight is 194 g/mol. The largest absolute Gasteiger partial charge is 0.395 e. The minimum absolute atomic E-state index is 0.0266. The molecule has 1 rings (SSSR count). The predicted molar refractivity (Wildman–Crippen MR) is 58.1 cm³/mol. The van der Waals surface area contributed by atoms with Crippen molar-refractivity contribution in [2.75, 3.05) is 19.7 Å². The molecule has 0 heterocycles. The molecule has 0 fully saturated rings. The van der Waals surface area contributed by atoms with Gasteiger partial charge in [-0.3, -0.25) is 0 Å². The third-order valence-corrected chi connectivity index (χ3v) is 2.19. The molecule has 4 N–H and O–H groups in total. The summed E-state index contributed by atoms with van der Waals surface area (Å²) < 4.78 is 0. The minimum atomic E-state index is 0.0266. The van der Waals surface area contributed by atoms with Gasteiger partial charge < -0.3 is 16.2 Å². The molecule has 1 unspecified atom stereocenters. The molecule has 0 aliphatic carbocycles. The van der Waals surface area contributed by atoms with E-state index >= 15 is 0 Å². The summed E-state index contributed by atoms with van der Waals surface area (Å²) in [4.78, 5) is 0. The molecular weight excluding hydrogens is 176 g/mol. The molecule has 0 radical (unpaired) electrons. The fourth-order valence-electron chi connectivity index (χ4n) is 1.29. The van der Waals surface area contributed by atoms with E-state index in [0.717, 1.165) is 13.0 Å². The second-order valence-electron chi connectivity index (χ2n) is 3.30. The van der Waals surface area contributed by atoms with Gasteiger partial charge in [0.2, 0.25) is 0 Å². The van der Waals surface area contributed by atoms with Gasteiger partial charge in [0.15, 0.2) is 0 Å². The van der Waals surface area contributed by atoms with Crippen molar-refractivity contribution >= 4 is 0 Å². The molecule has 78 valence electrons. The highest BCUT2D eigenvalue weighted by Crippen LogP contribution is 1.98. The Labute approximate surface area is 84.9 Å². The number of nitrogens with two attached hydrogens (primary N) is 1. The van der Waals surface area contributed by atoms with Gasteiger partial charge in [-0.15, -0.1) is 0 Å². The van der Waals surface area contributed by atoms with Gasteiger partial charge in [-0.05, 0) is 18.5 Å². The van der Waals surface area contributed by atoms with Crippen LogP contribution < -0.4 is 11.1 Å². The third-order valence-electron chi connectivity index (χ3n) is 2.19. The number of rotatable bonds is 6. The molecule has 0 saturated heterocycles. The molecule has 1 aromatic rings. The highest BCUT2D eigenvalue weighted by molar-refractivity contribution is 5.14. The van der Waals surface area contributed by atoms with Crippen LogP contribution in [-0.2, 0) is 6.42 Å². The van der Waals surface area contributed by atoms with Gasteiger partial charge in [0.05, 0.1) is 6.61 Å². The van der Waals surface area contributed by atoms with Gasteiger partial charge in [-0.1, -0.05) is 30.3 Å². The molecule has 14 heavy (non-hydrogen) atoms. The lowest BCUT2D eigenvalue weighted by atomic mass is 10.1. The van der Waals surface area contributed by atoms with Crippen molar-refractivity contribution in [1.82, 2.24) is 5.32 Å². The van der Waals surface area contributed by atoms with Crippen molar-refractivity contribution in [3.8, 4) is 0 Å². The van der Waals surface area contributed by atoms with E-state index in [9.17, 15) is 0 Å². The van der Waals surface area contributed by atoms with Crippen molar-refractivity contribution in [3.63, 3.8) is 0 Å². The van der Waals surface area contributed by atoms with Gasteiger partial charge in [-0.25, -0.2) is 0 Å². The summed E-state index contributed by atoms with van der Waals surface area (Å²) in [6.07, 6.45) is 0.970. The van der Waals surface area contributed by atoms with Crippen LogP contribution in [0.4, 0.5) is 0 Å². The van der Waals surface area contributed by atoms with Crippen LogP contribution >= 0.6 is 0 Å². The van der Waals surface area contributed by atoms with E-state index in [1.165, 1.54) is 5.56 Å². The lowest BCUT2D eigenvalue weighted by molar-refractivity contribution is 0.246. The van der Waals surface area contributed by atoms with Crippen LogP contribution in [0.25, 0.3) is 0 Å². The summed E-state index contributed by atoms with van der Waals surface area (Å²) in [6, 6.07) is 10.3. The van der Waals surface area contributed by atoms with Gasteiger partial charge in [0, 0.05) is 12.6 Å². The smallest absolute Gasteiger partial charge is 0.0597 e. The Morgan fingerprint density at radius 3 is 2.57 bits per heavy atom. The third kappa shape index (κ3) is 3.87. The fraction of sp³-hybridized carbons (Fsp3) is 0.455. The topological polar surface area (TPSA) is 58.3 Å². The highest BCUT2D eigenvalue weighted by Gasteiger charge is 2.02. The maximum atomic E-state index is 8.88. The van der Waals surface area contributed by atoms with E-state index < -0.39 is 0 Å². The van der Waals surface area contributed by atoms with E-state index in [1.807, 2.05) is 18.2 Å². The lowest BCUT2D eigenvalue weighted by Crippen LogP contribution is -2.40. The fourth-order valence-corrected chi connectivity index (χ4v) is 1.29. The molecule has 0 bridgehead atoms. The maximum absolute atomic E-state index is 8.88. The Balaban J connectivity index is 2.21. The van der Waals surface area contributed by atoms with Gasteiger partial charge in [-0.2, -0.15) is 0 Å². The zero-order chi connectivity index (χ0) is 10.2. The quantitative estimate of drug-likeness (QED) is 0.603. The normalized spacial score (nSPS) is 12.7. The van der Waals surface area contributed by atoms with Gasteiger partial charge in [0.25, 0.3) is 0 Å². The molecule has 0 saturated carbocycles. The summed E-state index contributed by atoms with van der Waals surface area (Å²) >= 11 is 0.